The third kappa shape index (κ3) is 8.71. The molecule has 3 rings (SSSR count). The zero-order valence-corrected chi connectivity index (χ0v) is 26.0. The lowest BCUT2D eigenvalue weighted by molar-refractivity contribution is -0.212. The predicted octanol–water partition coefficient (Wildman–Crippen LogP) is 2.13. The molecule has 44 heavy (non-hydrogen) atoms. The Labute approximate surface area is 256 Å². The zero-order chi connectivity index (χ0) is 32.8. The summed E-state index contributed by atoms with van der Waals surface area (Å²) in [6, 6.07) is -3.86. The lowest BCUT2D eigenvalue weighted by atomic mass is 9.89. The first kappa shape index (κ1) is 35.3. The fourth-order valence-corrected chi connectivity index (χ4v) is 5.76. The average molecular weight is 630 g/mol. The van der Waals surface area contributed by atoms with Crippen LogP contribution in [0.1, 0.15) is 91.4 Å². The SMILES string of the molecule is CCC[C@@H](C(=O)N[C@@H](C[C@@H]1CCCNC1=O)C(=O)C(=O)NC1CC1)N(C)C(=O)[C@H](NC(=O)C(C)(C)C(F)(F)F)C1CCCC1. The highest BCUT2D eigenvalue weighted by Crippen LogP contribution is 2.38. The monoisotopic (exact) mass is 629 g/mol. The molecule has 0 aromatic heterocycles. The van der Waals surface area contributed by atoms with Crippen molar-refractivity contribution >= 4 is 35.3 Å². The van der Waals surface area contributed by atoms with Crippen LogP contribution in [0.4, 0.5) is 13.2 Å². The Kier molecular flexibility index (Phi) is 11.8. The van der Waals surface area contributed by atoms with Crippen molar-refractivity contribution in [3.8, 4) is 0 Å². The maximum atomic E-state index is 13.8. The molecule has 0 radical (unpaired) electrons. The number of likely N-dealkylation sites (N-methyl/N-ethyl adjacent to an activating group) is 1. The van der Waals surface area contributed by atoms with Crippen molar-refractivity contribution in [1.82, 2.24) is 26.2 Å². The van der Waals surface area contributed by atoms with Crippen LogP contribution < -0.4 is 21.3 Å². The molecule has 1 saturated heterocycles. The van der Waals surface area contributed by atoms with E-state index in [4.69, 9.17) is 0 Å². The van der Waals surface area contributed by atoms with Gasteiger partial charge in [-0.15, -0.1) is 0 Å². The molecule has 3 fully saturated rings. The molecule has 0 aromatic carbocycles. The third-order valence-electron chi connectivity index (χ3n) is 9.07. The summed E-state index contributed by atoms with van der Waals surface area (Å²) >= 11 is 0. The molecule has 11 nitrogen and oxygen atoms in total. The number of hydrogen-bond acceptors (Lipinski definition) is 6. The number of carbonyl (C=O) groups excluding carboxylic acids is 6. The molecular formula is C30H46F3N5O6. The lowest BCUT2D eigenvalue weighted by Crippen LogP contribution is -2.60. The number of amides is 5. The molecule has 0 aromatic rings. The first-order chi connectivity index (χ1) is 20.6. The van der Waals surface area contributed by atoms with Gasteiger partial charge in [0.05, 0.1) is 6.04 Å². The van der Waals surface area contributed by atoms with Gasteiger partial charge in [-0.2, -0.15) is 13.2 Å². The number of ketones is 1. The molecule has 4 N–H and O–H groups in total. The van der Waals surface area contributed by atoms with Crippen molar-refractivity contribution in [3.05, 3.63) is 0 Å². The molecule has 5 amide bonds. The molecule has 248 valence electrons. The number of carbonyl (C=O) groups is 6. The Morgan fingerprint density at radius 1 is 0.977 bits per heavy atom. The summed E-state index contributed by atoms with van der Waals surface area (Å²) < 4.78 is 40.9. The minimum absolute atomic E-state index is 0.0989. The first-order valence-corrected chi connectivity index (χ1v) is 15.7. The molecule has 1 heterocycles. The van der Waals surface area contributed by atoms with E-state index in [2.05, 4.69) is 21.3 Å². The van der Waals surface area contributed by atoms with Crippen molar-refractivity contribution in [2.45, 2.75) is 122 Å². The van der Waals surface area contributed by atoms with Crippen LogP contribution in [0.3, 0.4) is 0 Å². The average Bonchev–Trinajstić information content (AvgIpc) is 3.61. The van der Waals surface area contributed by atoms with E-state index in [0.717, 1.165) is 44.4 Å². The lowest BCUT2D eigenvalue weighted by Gasteiger charge is -2.35. The molecule has 4 atom stereocenters. The van der Waals surface area contributed by atoms with E-state index in [1.54, 1.807) is 6.92 Å². The Bertz CT molecular complexity index is 1100. The highest BCUT2D eigenvalue weighted by Gasteiger charge is 2.54. The topological polar surface area (TPSA) is 154 Å². The van der Waals surface area contributed by atoms with E-state index in [0.29, 0.717) is 38.6 Å². The van der Waals surface area contributed by atoms with Crippen molar-refractivity contribution in [2.75, 3.05) is 13.6 Å². The number of hydrogen-bond donors (Lipinski definition) is 4. The highest BCUT2D eigenvalue weighted by atomic mass is 19.4. The van der Waals surface area contributed by atoms with E-state index < -0.39 is 71.0 Å². The van der Waals surface area contributed by atoms with E-state index in [1.807, 2.05) is 0 Å². The molecule has 1 aliphatic heterocycles. The Hall–Kier alpha value is -3.19. The Morgan fingerprint density at radius 2 is 1.61 bits per heavy atom. The molecule has 2 saturated carbocycles. The summed E-state index contributed by atoms with van der Waals surface area (Å²) in [5, 5.41) is 10.3. The van der Waals surface area contributed by atoms with E-state index in [9.17, 15) is 41.9 Å². The highest BCUT2D eigenvalue weighted by molar-refractivity contribution is 6.38. The fourth-order valence-electron chi connectivity index (χ4n) is 5.76. The summed E-state index contributed by atoms with van der Waals surface area (Å²) in [7, 11) is 1.34. The second-order valence-corrected chi connectivity index (χ2v) is 12.9. The summed E-state index contributed by atoms with van der Waals surface area (Å²) in [4.78, 5) is 79.8. The van der Waals surface area contributed by atoms with Crippen LogP contribution in [0.5, 0.6) is 0 Å². The smallest absolute Gasteiger partial charge is 0.356 e. The van der Waals surface area contributed by atoms with Crippen molar-refractivity contribution in [1.29, 1.82) is 0 Å². The third-order valence-corrected chi connectivity index (χ3v) is 9.07. The second kappa shape index (κ2) is 14.7. The van der Waals surface area contributed by atoms with Gasteiger partial charge in [0.25, 0.3) is 5.91 Å². The molecule has 0 bridgehead atoms. The number of Topliss-reactive ketones (excluding diaryl/α,β-unsaturated/α-hetero) is 1. The second-order valence-electron chi connectivity index (χ2n) is 12.9. The van der Waals surface area contributed by atoms with Gasteiger partial charge in [0.2, 0.25) is 29.4 Å². The van der Waals surface area contributed by atoms with Crippen LogP contribution >= 0.6 is 0 Å². The van der Waals surface area contributed by atoms with Gasteiger partial charge in [0, 0.05) is 25.6 Å². The van der Waals surface area contributed by atoms with E-state index in [-0.39, 0.29) is 24.8 Å². The van der Waals surface area contributed by atoms with Gasteiger partial charge in [-0.1, -0.05) is 26.2 Å². The quantitative estimate of drug-likeness (QED) is 0.216. The molecule has 0 spiro atoms. The molecule has 3 aliphatic rings. The number of rotatable bonds is 14. The van der Waals surface area contributed by atoms with Gasteiger partial charge >= 0.3 is 6.18 Å². The van der Waals surface area contributed by atoms with Crippen molar-refractivity contribution < 1.29 is 41.9 Å². The summed E-state index contributed by atoms with van der Waals surface area (Å²) in [6.07, 6.45) is 0.811. The van der Waals surface area contributed by atoms with Gasteiger partial charge in [-0.3, -0.25) is 28.8 Å². The first-order valence-electron chi connectivity index (χ1n) is 15.7. The van der Waals surface area contributed by atoms with Crippen LogP contribution in [0.25, 0.3) is 0 Å². The Morgan fingerprint density at radius 3 is 2.16 bits per heavy atom. The van der Waals surface area contributed by atoms with Crippen LogP contribution in [0, 0.1) is 17.3 Å². The van der Waals surface area contributed by atoms with Crippen molar-refractivity contribution in [3.63, 3.8) is 0 Å². The predicted molar refractivity (Wildman–Crippen MR) is 154 cm³/mol. The summed E-state index contributed by atoms with van der Waals surface area (Å²) in [5.41, 5.74) is -2.75. The summed E-state index contributed by atoms with van der Waals surface area (Å²) in [5.74, 6) is -5.82. The van der Waals surface area contributed by atoms with Crippen LogP contribution in [0.2, 0.25) is 0 Å². The fraction of sp³-hybridized carbons (Fsp3) is 0.800. The molecule has 0 unspecified atom stereocenters. The standard InChI is InChI=1S/C30H46F3N5O6/c1-5-9-21(38(4)27(43)22(17-10-6-7-11-17)37-28(44)29(2,3)30(31,32)33)25(41)36-20(16-18-12-8-15-34-24(18)40)23(39)26(42)35-19-13-14-19/h17-22H,5-16H2,1-4H3,(H,34,40)(H,35,42)(H,36,41)(H,37,44)/t18-,20-,21-,22+/m0/s1. The zero-order valence-electron chi connectivity index (χ0n) is 26.0. The van der Waals surface area contributed by atoms with Gasteiger partial charge < -0.3 is 26.2 Å². The maximum absolute atomic E-state index is 13.8. The maximum Gasteiger partial charge on any atom is 0.402 e. The number of halogens is 3. The van der Waals surface area contributed by atoms with Crippen LogP contribution in [-0.4, -0.2) is 84.2 Å². The van der Waals surface area contributed by atoms with Gasteiger partial charge in [-0.05, 0) is 71.1 Å². The van der Waals surface area contributed by atoms with E-state index in [1.165, 1.54) is 7.05 Å². The number of piperidine rings is 1. The molecule has 14 heteroatoms. The van der Waals surface area contributed by atoms with Crippen molar-refractivity contribution in [2.24, 2.45) is 17.3 Å². The van der Waals surface area contributed by atoms with E-state index >= 15 is 0 Å². The normalized spacial score (nSPS) is 21.4. The molecular weight excluding hydrogens is 583 g/mol. The minimum atomic E-state index is -4.85. The van der Waals surface area contributed by atoms with Crippen LogP contribution in [-0.2, 0) is 28.8 Å². The Balaban J connectivity index is 1.82. The number of nitrogens with zero attached hydrogens (tertiary/aromatic N) is 1. The van der Waals surface area contributed by atoms with Gasteiger partial charge in [0.15, 0.2) is 0 Å². The molecule has 2 aliphatic carbocycles. The largest absolute Gasteiger partial charge is 0.402 e. The number of nitrogens with one attached hydrogen (secondary N) is 4. The summed E-state index contributed by atoms with van der Waals surface area (Å²) in [6.45, 7) is 3.77. The number of alkyl halides is 3. The van der Waals surface area contributed by atoms with Gasteiger partial charge in [0.1, 0.15) is 17.5 Å². The minimum Gasteiger partial charge on any atom is -0.356 e. The van der Waals surface area contributed by atoms with Gasteiger partial charge in [-0.25, -0.2) is 0 Å². The van der Waals surface area contributed by atoms with Crippen LogP contribution in [0.15, 0.2) is 0 Å².